The van der Waals surface area contributed by atoms with E-state index >= 15 is 0 Å². The number of nitrogens with one attached hydrogen (secondary N) is 1. The van der Waals surface area contributed by atoms with E-state index in [1.807, 2.05) is 32.0 Å². The van der Waals surface area contributed by atoms with Crippen LogP contribution in [0.3, 0.4) is 0 Å². The number of hydrogen-bond donors (Lipinski definition) is 1. The summed E-state index contributed by atoms with van der Waals surface area (Å²) in [6.07, 6.45) is 0. The Morgan fingerprint density at radius 2 is 2.04 bits per heavy atom. The molecule has 0 saturated carbocycles. The number of aromatic nitrogens is 2. The normalized spacial score (nSPS) is 12.0. The summed E-state index contributed by atoms with van der Waals surface area (Å²) in [4.78, 5) is 22.6. The van der Waals surface area contributed by atoms with Gasteiger partial charge in [-0.1, -0.05) is 19.1 Å². The Bertz CT molecular complexity index is 752. The molecule has 1 atom stereocenters. The van der Waals surface area contributed by atoms with Gasteiger partial charge in [-0.3, -0.25) is 4.79 Å². The smallest absolute Gasteiger partial charge is 0.358 e. The highest BCUT2D eigenvalue weighted by Crippen LogP contribution is 2.18. The van der Waals surface area contributed by atoms with Crippen LogP contribution in [0, 0.1) is 36.8 Å². The van der Waals surface area contributed by atoms with Crippen LogP contribution in [0.25, 0.3) is 0 Å². The molecule has 1 amide bonds. The number of nitro groups is 1. The van der Waals surface area contributed by atoms with Gasteiger partial charge in [-0.15, -0.1) is 0 Å². The van der Waals surface area contributed by atoms with Crippen LogP contribution in [0.15, 0.2) is 24.3 Å². The minimum Gasteiger partial charge on any atom is -0.358 e. The highest BCUT2D eigenvalue weighted by molar-refractivity contribution is 5.93. The molecule has 1 heterocycles. The topological polar surface area (TPSA) is 90.1 Å². The molecule has 1 aromatic heterocycles. The number of rotatable bonds is 5. The van der Waals surface area contributed by atoms with E-state index in [0.29, 0.717) is 5.69 Å². The van der Waals surface area contributed by atoms with Crippen molar-refractivity contribution in [3.8, 4) is 0 Å². The van der Waals surface area contributed by atoms with E-state index in [0.717, 1.165) is 16.8 Å². The van der Waals surface area contributed by atoms with Gasteiger partial charge in [-0.2, -0.15) is 4.68 Å². The molecule has 0 bridgehead atoms. The molecule has 122 valence electrons. The maximum atomic E-state index is 12.3. The van der Waals surface area contributed by atoms with Gasteiger partial charge >= 0.3 is 5.82 Å². The van der Waals surface area contributed by atoms with E-state index in [9.17, 15) is 14.9 Å². The van der Waals surface area contributed by atoms with Gasteiger partial charge in [0, 0.05) is 5.69 Å². The fraction of sp³-hybridized carbons (Fsp3) is 0.375. The van der Waals surface area contributed by atoms with Crippen LogP contribution < -0.4 is 5.32 Å². The van der Waals surface area contributed by atoms with E-state index in [2.05, 4.69) is 10.4 Å². The zero-order valence-corrected chi connectivity index (χ0v) is 13.7. The Balaban J connectivity index is 2.08. The molecule has 0 aliphatic rings. The van der Waals surface area contributed by atoms with E-state index in [1.54, 1.807) is 13.8 Å². The summed E-state index contributed by atoms with van der Waals surface area (Å²) < 4.78 is 1.49. The van der Waals surface area contributed by atoms with Gasteiger partial charge in [0.05, 0.1) is 29.3 Å². The molecular formula is C16H20N4O3. The van der Waals surface area contributed by atoms with Gasteiger partial charge in [-0.25, -0.2) is 0 Å². The minimum atomic E-state index is -0.537. The lowest BCUT2D eigenvalue weighted by Crippen LogP contribution is -2.25. The number of benzene rings is 1. The molecule has 0 radical (unpaired) electrons. The lowest BCUT2D eigenvalue weighted by molar-refractivity contribution is -0.389. The van der Waals surface area contributed by atoms with E-state index < -0.39 is 4.92 Å². The number of aryl methyl sites for hydroxylation is 3. The lowest BCUT2D eigenvalue weighted by Gasteiger charge is -2.13. The highest BCUT2D eigenvalue weighted by atomic mass is 16.6. The first-order valence-electron chi connectivity index (χ1n) is 7.35. The molecule has 1 unspecified atom stereocenters. The summed E-state index contributed by atoms with van der Waals surface area (Å²) in [7, 11) is 0. The van der Waals surface area contributed by atoms with Crippen molar-refractivity contribution in [2.45, 2.75) is 34.2 Å². The molecule has 7 nitrogen and oxygen atoms in total. The van der Waals surface area contributed by atoms with Crippen molar-refractivity contribution in [3.05, 3.63) is 51.2 Å². The number of anilines is 1. The molecule has 1 N–H and O–H groups in total. The third-order valence-corrected chi connectivity index (χ3v) is 3.70. The Kier molecular flexibility index (Phi) is 4.78. The Morgan fingerprint density at radius 3 is 2.65 bits per heavy atom. The predicted molar refractivity (Wildman–Crippen MR) is 87.3 cm³/mol. The maximum Gasteiger partial charge on any atom is 0.390 e. The fourth-order valence-electron chi connectivity index (χ4n) is 2.24. The van der Waals surface area contributed by atoms with Crippen LogP contribution in [0.5, 0.6) is 0 Å². The number of nitrogens with zero attached hydrogens (tertiary/aromatic N) is 3. The Hall–Kier alpha value is -2.70. The fourth-order valence-corrected chi connectivity index (χ4v) is 2.24. The van der Waals surface area contributed by atoms with E-state index in [-0.39, 0.29) is 24.2 Å². The molecule has 0 saturated heterocycles. The first-order valence-corrected chi connectivity index (χ1v) is 7.35. The number of carbonyl (C=O) groups excluding carboxylic acids is 1. The van der Waals surface area contributed by atoms with E-state index in [1.165, 1.54) is 10.7 Å². The first-order chi connectivity index (χ1) is 10.8. The summed E-state index contributed by atoms with van der Waals surface area (Å²) >= 11 is 0. The van der Waals surface area contributed by atoms with Gasteiger partial charge in [0.1, 0.15) is 0 Å². The van der Waals surface area contributed by atoms with Crippen LogP contribution in [-0.2, 0) is 11.3 Å². The SMILES string of the molecule is Cc1ccc(C)c(NC(=O)C(C)Cn2nc([N+](=O)[O-])cc2C)c1. The van der Waals surface area contributed by atoms with Crippen molar-refractivity contribution < 1.29 is 9.72 Å². The zero-order chi connectivity index (χ0) is 17.1. The molecule has 2 aromatic rings. The monoisotopic (exact) mass is 316 g/mol. The summed E-state index contributed by atoms with van der Waals surface area (Å²) in [6.45, 7) is 7.69. The molecule has 0 spiro atoms. The minimum absolute atomic E-state index is 0.142. The number of carbonyl (C=O) groups is 1. The van der Waals surface area contributed by atoms with Crippen molar-refractivity contribution in [2.75, 3.05) is 5.32 Å². The van der Waals surface area contributed by atoms with Gasteiger partial charge in [0.15, 0.2) is 0 Å². The van der Waals surface area contributed by atoms with Crippen LogP contribution in [-0.4, -0.2) is 20.6 Å². The lowest BCUT2D eigenvalue weighted by atomic mass is 10.1. The highest BCUT2D eigenvalue weighted by Gasteiger charge is 2.21. The molecule has 2 rings (SSSR count). The first kappa shape index (κ1) is 16.7. The van der Waals surface area contributed by atoms with Gasteiger partial charge in [0.2, 0.25) is 5.91 Å². The van der Waals surface area contributed by atoms with Crippen molar-refractivity contribution >= 4 is 17.4 Å². The molecule has 1 aromatic carbocycles. The molecule has 0 aliphatic carbocycles. The van der Waals surface area contributed by atoms with Crippen LogP contribution in [0.2, 0.25) is 0 Å². The van der Waals surface area contributed by atoms with Crippen molar-refractivity contribution in [1.29, 1.82) is 0 Å². The second-order valence-corrected chi connectivity index (χ2v) is 5.79. The van der Waals surface area contributed by atoms with Gasteiger partial charge < -0.3 is 15.4 Å². The molecule has 0 aliphatic heterocycles. The second kappa shape index (κ2) is 6.60. The number of hydrogen-bond acceptors (Lipinski definition) is 4. The van der Waals surface area contributed by atoms with Gasteiger partial charge in [-0.05, 0) is 42.9 Å². The van der Waals surface area contributed by atoms with E-state index in [4.69, 9.17) is 0 Å². The Labute approximate surface area is 134 Å². The molecular weight excluding hydrogens is 296 g/mol. The summed E-state index contributed by atoms with van der Waals surface area (Å²) in [6, 6.07) is 7.26. The summed E-state index contributed by atoms with van der Waals surface area (Å²) in [5, 5.41) is 17.6. The third-order valence-electron chi connectivity index (χ3n) is 3.70. The van der Waals surface area contributed by atoms with Crippen LogP contribution in [0.4, 0.5) is 11.5 Å². The summed E-state index contributed by atoms with van der Waals surface area (Å²) in [5.74, 6) is -0.714. The van der Waals surface area contributed by atoms with Crippen molar-refractivity contribution in [2.24, 2.45) is 5.92 Å². The molecule has 7 heteroatoms. The Morgan fingerprint density at radius 1 is 1.35 bits per heavy atom. The predicted octanol–water partition coefficient (Wildman–Crippen LogP) is 2.99. The second-order valence-electron chi connectivity index (χ2n) is 5.79. The summed E-state index contributed by atoms with van der Waals surface area (Å²) in [5.41, 5.74) is 3.49. The van der Waals surface area contributed by atoms with Crippen LogP contribution in [0.1, 0.15) is 23.7 Å². The van der Waals surface area contributed by atoms with Crippen LogP contribution >= 0.6 is 0 Å². The number of amides is 1. The quantitative estimate of drug-likeness (QED) is 0.678. The standard InChI is InChI=1S/C16H20N4O3/c1-10-5-6-11(2)14(7-10)17-16(21)12(3)9-19-13(4)8-15(18-19)20(22)23/h5-8,12H,9H2,1-4H3,(H,17,21). The van der Waals surface area contributed by atoms with Gasteiger partial charge in [0.25, 0.3) is 0 Å². The zero-order valence-electron chi connectivity index (χ0n) is 13.7. The third kappa shape index (κ3) is 3.94. The average Bonchev–Trinajstić information content (AvgIpc) is 2.84. The van der Waals surface area contributed by atoms with Crippen molar-refractivity contribution in [3.63, 3.8) is 0 Å². The molecule has 23 heavy (non-hydrogen) atoms. The maximum absolute atomic E-state index is 12.3. The average molecular weight is 316 g/mol. The largest absolute Gasteiger partial charge is 0.390 e. The van der Waals surface area contributed by atoms with Crippen molar-refractivity contribution in [1.82, 2.24) is 9.78 Å². The molecule has 0 fully saturated rings.